The minimum atomic E-state index is -3.89. The quantitative estimate of drug-likeness (QED) is 0.446. The molecule has 8 nitrogen and oxygen atoms in total. The van der Waals surface area contributed by atoms with Crippen LogP contribution in [0.15, 0.2) is 83.8 Å². The van der Waals surface area contributed by atoms with E-state index in [0.29, 0.717) is 0 Å². The summed E-state index contributed by atoms with van der Waals surface area (Å²) >= 11 is 0. The van der Waals surface area contributed by atoms with E-state index in [2.05, 4.69) is 10.0 Å². The third-order valence-electron chi connectivity index (χ3n) is 5.20. The lowest BCUT2D eigenvalue weighted by molar-refractivity contribution is -0.142. The summed E-state index contributed by atoms with van der Waals surface area (Å²) in [6.45, 7) is 1.52. The van der Waals surface area contributed by atoms with Crippen LogP contribution >= 0.6 is 0 Å². The van der Waals surface area contributed by atoms with Crippen LogP contribution in [0.2, 0.25) is 0 Å². The maximum absolute atomic E-state index is 13.0. The first-order chi connectivity index (χ1) is 16.7. The normalized spacial score (nSPS) is 11.9. The van der Waals surface area contributed by atoms with E-state index in [1.54, 1.807) is 6.92 Å². The third-order valence-corrected chi connectivity index (χ3v) is 6.60. The summed E-state index contributed by atoms with van der Waals surface area (Å²) in [5, 5.41) is 2.55. The lowest BCUT2D eigenvalue weighted by Crippen LogP contribution is -2.48. The van der Waals surface area contributed by atoms with Gasteiger partial charge in [0.2, 0.25) is 5.91 Å². The van der Waals surface area contributed by atoms with Crippen LogP contribution in [0.4, 0.5) is 10.1 Å². The van der Waals surface area contributed by atoms with Gasteiger partial charge >= 0.3 is 0 Å². The lowest BCUT2D eigenvalue weighted by Gasteiger charge is -2.28. The summed E-state index contributed by atoms with van der Waals surface area (Å²) in [5.74, 6) is -0.903. The Morgan fingerprint density at radius 2 is 1.60 bits per heavy atom. The molecule has 0 spiro atoms. The second kappa shape index (κ2) is 11.5. The molecule has 3 aromatic rings. The highest BCUT2D eigenvalue weighted by molar-refractivity contribution is 7.92. The number of rotatable bonds is 10. The number of benzene rings is 3. The highest BCUT2D eigenvalue weighted by Crippen LogP contribution is 2.20. The number of carbonyl (C=O) groups is 2. The number of amides is 2. The van der Waals surface area contributed by atoms with Crippen molar-refractivity contribution in [2.45, 2.75) is 24.4 Å². The first-order valence-electron chi connectivity index (χ1n) is 10.8. The summed E-state index contributed by atoms with van der Waals surface area (Å²) in [6, 6.07) is 19.0. The minimum Gasteiger partial charge on any atom is -0.484 e. The van der Waals surface area contributed by atoms with Crippen LogP contribution in [0.25, 0.3) is 0 Å². The van der Waals surface area contributed by atoms with Crippen LogP contribution in [0, 0.1) is 5.82 Å². The Kier molecular flexibility index (Phi) is 8.43. The van der Waals surface area contributed by atoms with Crippen molar-refractivity contribution in [3.05, 3.63) is 90.2 Å². The molecule has 0 fully saturated rings. The van der Waals surface area contributed by atoms with E-state index >= 15 is 0 Å². The summed E-state index contributed by atoms with van der Waals surface area (Å²) < 4.78 is 46.1. The number of nitrogens with one attached hydrogen (secondary N) is 2. The Labute approximate surface area is 203 Å². The number of hydrogen-bond acceptors (Lipinski definition) is 5. The number of hydrogen-bond donors (Lipinski definition) is 2. The van der Waals surface area contributed by atoms with Gasteiger partial charge in [-0.1, -0.05) is 30.3 Å². The molecule has 0 unspecified atom stereocenters. The van der Waals surface area contributed by atoms with E-state index in [4.69, 9.17) is 4.74 Å². The Morgan fingerprint density at radius 3 is 2.20 bits per heavy atom. The van der Waals surface area contributed by atoms with Crippen LogP contribution in [-0.2, 0) is 26.2 Å². The maximum Gasteiger partial charge on any atom is 0.261 e. The SMILES string of the molecule is CNC(=O)[C@H](C)N(Cc1ccccc1)C(=O)COc1ccc(S(=O)(=O)Nc2ccc(F)cc2)cc1. The number of sulfonamides is 1. The summed E-state index contributed by atoms with van der Waals surface area (Å²) in [5.41, 5.74) is 1.08. The van der Waals surface area contributed by atoms with Gasteiger partial charge in [-0.2, -0.15) is 0 Å². The molecular weight excluding hydrogens is 473 g/mol. The van der Waals surface area contributed by atoms with Crippen molar-refractivity contribution in [3.63, 3.8) is 0 Å². The zero-order valence-corrected chi connectivity index (χ0v) is 20.1. The molecule has 0 saturated carbocycles. The maximum atomic E-state index is 13.0. The summed E-state index contributed by atoms with van der Waals surface area (Å²) in [6.07, 6.45) is 0. The van der Waals surface area contributed by atoms with Gasteiger partial charge in [-0.25, -0.2) is 12.8 Å². The van der Waals surface area contributed by atoms with Gasteiger partial charge in [0, 0.05) is 19.3 Å². The van der Waals surface area contributed by atoms with Crippen LogP contribution < -0.4 is 14.8 Å². The van der Waals surface area contributed by atoms with E-state index in [1.165, 1.54) is 48.3 Å². The van der Waals surface area contributed by atoms with Crippen LogP contribution in [-0.4, -0.2) is 44.8 Å². The average molecular weight is 500 g/mol. The van der Waals surface area contributed by atoms with Gasteiger partial charge < -0.3 is 15.0 Å². The Balaban J connectivity index is 1.66. The molecule has 3 rings (SSSR count). The molecule has 0 radical (unpaired) electrons. The van der Waals surface area contributed by atoms with E-state index < -0.39 is 27.8 Å². The predicted molar refractivity (Wildman–Crippen MR) is 130 cm³/mol. The fraction of sp³-hybridized carbons (Fsp3) is 0.200. The summed E-state index contributed by atoms with van der Waals surface area (Å²) in [7, 11) is -2.39. The molecule has 0 aliphatic carbocycles. The molecule has 2 N–H and O–H groups in total. The van der Waals surface area contributed by atoms with Crippen LogP contribution in [0.3, 0.4) is 0 Å². The monoisotopic (exact) mass is 499 g/mol. The standard InChI is InChI=1S/C25H26FN3O5S/c1-18(25(31)27-2)29(16-19-6-4-3-5-7-19)24(30)17-34-22-12-14-23(15-13-22)35(32,33)28-21-10-8-20(26)9-11-21/h3-15,18,28H,16-17H2,1-2H3,(H,27,31)/t18-/m0/s1. The number of halogens is 1. The number of carbonyl (C=O) groups excluding carboxylic acids is 2. The number of anilines is 1. The molecule has 2 amide bonds. The zero-order chi connectivity index (χ0) is 25.4. The number of ether oxygens (including phenoxy) is 1. The molecule has 0 bridgehead atoms. The topological polar surface area (TPSA) is 105 Å². The molecule has 1 atom stereocenters. The second-order valence-electron chi connectivity index (χ2n) is 7.67. The minimum absolute atomic E-state index is 0.0283. The Morgan fingerprint density at radius 1 is 0.971 bits per heavy atom. The van der Waals surface area contributed by atoms with Crippen molar-refractivity contribution in [3.8, 4) is 5.75 Å². The van der Waals surface area contributed by atoms with E-state index in [0.717, 1.165) is 17.7 Å². The first-order valence-corrected chi connectivity index (χ1v) is 12.2. The second-order valence-corrected chi connectivity index (χ2v) is 9.35. The van der Waals surface area contributed by atoms with Crippen molar-refractivity contribution in [1.29, 1.82) is 0 Å². The smallest absolute Gasteiger partial charge is 0.261 e. The molecule has 0 aliphatic heterocycles. The molecule has 0 heterocycles. The summed E-state index contributed by atoms with van der Waals surface area (Å²) in [4.78, 5) is 26.5. The average Bonchev–Trinajstić information content (AvgIpc) is 2.87. The van der Waals surface area contributed by atoms with Gasteiger partial charge in [0.15, 0.2) is 6.61 Å². The fourth-order valence-corrected chi connectivity index (χ4v) is 4.31. The van der Waals surface area contributed by atoms with Crippen molar-refractivity contribution in [2.24, 2.45) is 0 Å². The van der Waals surface area contributed by atoms with Crippen LogP contribution in [0.1, 0.15) is 12.5 Å². The zero-order valence-electron chi connectivity index (χ0n) is 19.3. The molecule has 35 heavy (non-hydrogen) atoms. The lowest BCUT2D eigenvalue weighted by atomic mass is 10.1. The molecule has 3 aromatic carbocycles. The van der Waals surface area contributed by atoms with Gasteiger partial charge in [0.1, 0.15) is 17.6 Å². The van der Waals surface area contributed by atoms with E-state index in [-0.39, 0.29) is 35.4 Å². The van der Waals surface area contributed by atoms with Gasteiger partial charge in [0.25, 0.3) is 15.9 Å². The van der Waals surface area contributed by atoms with E-state index in [9.17, 15) is 22.4 Å². The third kappa shape index (κ3) is 7.03. The first kappa shape index (κ1) is 25.7. The van der Waals surface area contributed by atoms with Crippen molar-refractivity contribution >= 4 is 27.5 Å². The van der Waals surface area contributed by atoms with Crippen molar-refractivity contribution in [1.82, 2.24) is 10.2 Å². The fourth-order valence-electron chi connectivity index (χ4n) is 3.25. The largest absolute Gasteiger partial charge is 0.484 e. The van der Waals surface area contributed by atoms with Gasteiger partial charge in [-0.15, -0.1) is 0 Å². The number of nitrogens with zero attached hydrogens (tertiary/aromatic N) is 1. The molecule has 0 saturated heterocycles. The highest BCUT2D eigenvalue weighted by Gasteiger charge is 2.26. The van der Waals surface area contributed by atoms with E-state index in [1.807, 2.05) is 30.3 Å². The molecule has 10 heteroatoms. The molecule has 184 valence electrons. The van der Waals surface area contributed by atoms with Crippen molar-refractivity contribution in [2.75, 3.05) is 18.4 Å². The number of likely N-dealkylation sites (N-methyl/N-ethyl adjacent to an activating group) is 1. The van der Waals surface area contributed by atoms with Gasteiger partial charge in [0.05, 0.1) is 4.90 Å². The van der Waals surface area contributed by atoms with Gasteiger partial charge in [-0.05, 0) is 61.0 Å². The van der Waals surface area contributed by atoms with Gasteiger partial charge in [-0.3, -0.25) is 14.3 Å². The molecule has 0 aliphatic rings. The van der Waals surface area contributed by atoms with Crippen LogP contribution in [0.5, 0.6) is 5.75 Å². The van der Waals surface area contributed by atoms with Crippen molar-refractivity contribution < 1.29 is 27.1 Å². The Hall–Kier alpha value is -3.92. The molecule has 0 aromatic heterocycles. The Bertz CT molecular complexity index is 1250. The predicted octanol–water partition coefficient (Wildman–Crippen LogP) is 3.17. The highest BCUT2D eigenvalue weighted by atomic mass is 32.2. The molecular formula is C25H26FN3O5S.